The molecule has 1 aliphatic carbocycles. The minimum Gasteiger partial charge on any atom is -0.481 e. The number of hydrogen-bond acceptors (Lipinski definition) is 2. The van der Waals surface area contributed by atoms with Gasteiger partial charge in [0, 0.05) is 6.42 Å². The Bertz CT molecular complexity index is 147. The van der Waals surface area contributed by atoms with Crippen LogP contribution in [0.2, 0.25) is 0 Å². The average molecular weight is 158 g/mol. The zero-order valence-electron chi connectivity index (χ0n) is 6.55. The maximum absolute atomic E-state index is 10.2. The third kappa shape index (κ3) is 2.50. The Morgan fingerprint density at radius 1 is 1.36 bits per heavy atom. The summed E-state index contributed by atoms with van der Waals surface area (Å²) in [6.07, 6.45) is 4.14. The van der Waals surface area contributed by atoms with Crippen LogP contribution in [-0.4, -0.2) is 21.8 Å². The summed E-state index contributed by atoms with van der Waals surface area (Å²) in [6, 6.07) is 0. The fourth-order valence-electron chi connectivity index (χ4n) is 1.62. The van der Waals surface area contributed by atoms with Gasteiger partial charge in [-0.3, -0.25) is 4.79 Å². The van der Waals surface area contributed by atoms with E-state index in [9.17, 15) is 9.90 Å². The van der Waals surface area contributed by atoms with Gasteiger partial charge in [0.15, 0.2) is 0 Å². The van der Waals surface area contributed by atoms with Gasteiger partial charge in [-0.15, -0.1) is 0 Å². The maximum Gasteiger partial charge on any atom is 0.303 e. The first-order chi connectivity index (χ1) is 5.12. The van der Waals surface area contributed by atoms with Crippen LogP contribution in [0.1, 0.15) is 38.5 Å². The van der Waals surface area contributed by atoms with E-state index in [1.807, 2.05) is 0 Å². The molecule has 0 amide bonds. The first-order valence-electron chi connectivity index (χ1n) is 4.07. The normalized spacial score (nSPS) is 21.9. The molecule has 11 heavy (non-hydrogen) atoms. The number of carboxylic acids is 1. The SMILES string of the molecule is O=C(O)CCC1(O)CCCC1. The Morgan fingerprint density at radius 3 is 2.36 bits per heavy atom. The molecule has 64 valence electrons. The van der Waals surface area contributed by atoms with Crippen LogP contribution in [0.15, 0.2) is 0 Å². The molecule has 1 aliphatic rings. The predicted octanol–water partition coefficient (Wildman–Crippen LogP) is 1.16. The van der Waals surface area contributed by atoms with Gasteiger partial charge < -0.3 is 10.2 Å². The molecule has 0 aromatic carbocycles. The number of carboxylic acid groups (broad SMARTS) is 1. The number of carbonyl (C=O) groups is 1. The third-order valence-corrected chi connectivity index (χ3v) is 2.34. The van der Waals surface area contributed by atoms with Crippen molar-refractivity contribution in [2.24, 2.45) is 0 Å². The van der Waals surface area contributed by atoms with Crippen molar-refractivity contribution >= 4 is 5.97 Å². The van der Waals surface area contributed by atoms with Gasteiger partial charge in [0.1, 0.15) is 0 Å². The number of aliphatic hydroxyl groups is 1. The lowest BCUT2D eigenvalue weighted by atomic mass is 9.96. The highest BCUT2D eigenvalue weighted by Crippen LogP contribution is 2.32. The number of rotatable bonds is 3. The molecular weight excluding hydrogens is 144 g/mol. The lowest BCUT2D eigenvalue weighted by molar-refractivity contribution is -0.138. The summed E-state index contributed by atoms with van der Waals surface area (Å²) >= 11 is 0. The van der Waals surface area contributed by atoms with E-state index in [0.29, 0.717) is 6.42 Å². The highest BCUT2D eigenvalue weighted by molar-refractivity contribution is 5.66. The monoisotopic (exact) mass is 158 g/mol. The zero-order chi connectivity index (χ0) is 8.32. The van der Waals surface area contributed by atoms with E-state index < -0.39 is 11.6 Å². The van der Waals surface area contributed by atoms with Crippen LogP contribution >= 0.6 is 0 Å². The van der Waals surface area contributed by atoms with Crippen molar-refractivity contribution in [1.29, 1.82) is 0 Å². The summed E-state index contributed by atoms with van der Waals surface area (Å²) < 4.78 is 0. The lowest BCUT2D eigenvalue weighted by Crippen LogP contribution is -2.24. The van der Waals surface area contributed by atoms with Crippen LogP contribution < -0.4 is 0 Å². The van der Waals surface area contributed by atoms with E-state index in [2.05, 4.69) is 0 Å². The van der Waals surface area contributed by atoms with Crippen LogP contribution in [0.25, 0.3) is 0 Å². The van der Waals surface area contributed by atoms with Crippen LogP contribution in [0.4, 0.5) is 0 Å². The quantitative estimate of drug-likeness (QED) is 0.648. The summed E-state index contributed by atoms with van der Waals surface area (Å²) in [5, 5.41) is 18.1. The van der Waals surface area contributed by atoms with Gasteiger partial charge in [0.25, 0.3) is 0 Å². The predicted molar refractivity (Wildman–Crippen MR) is 40.3 cm³/mol. The molecule has 3 heteroatoms. The Morgan fingerprint density at radius 2 is 1.91 bits per heavy atom. The van der Waals surface area contributed by atoms with E-state index in [0.717, 1.165) is 25.7 Å². The first-order valence-corrected chi connectivity index (χ1v) is 4.07. The summed E-state index contributed by atoms with van der Waals surface area (Å²) in [4.78, 5) is 10.2. The second-order valence-corrected chi connectivity index (χ2v) is 3.33. The lowest BCUT2D eigenvalue weighted by Gasteiger charge is -2.20. The average Bonchev–Trinajstić information content (AvgIpc) is 2.33. The van der Waals surface area contributed by atoms with Crippen LogP contribution in [0.5, 0.6) is 0 Å². The van der Waals surface area contributed by atoms with Crippen molar-refractivity contribution in [1.82, 2.24) is 0 Å². The Hall–Kier alpha value is -0.570. The fraction of sp³-hybridized carbons (Fsp3) is 0.875. The van der Waals surface area contributed by atoms with Gasteiger partial charge in [-0.05, 0) is 19.3 Å². The second-order valence-electron chi connectivity index (χ2n) is 3.33. The molecule has 1 rings (SSSR count). The van der Waals surface area contributed by atoms with Crippen LogP contribution in [0, 0.1) is 0 Å². The van der Waals surface area contributed by atoms with E-state index in [1.54, 1.807) is 0 Å². The van der Waals surface area contributed by atoms with Gasteiger partial charge in [-0.2, -0.15) is 0 Å². The van der Waals surface area contributed by atoms with Crippen molar-refractivity contribution in [2.75, 3.05) is 0 Å². The van der Waals surface area contributed by atoms with Crippen molar-refractivity contribution in [3.63, 3.8) is 0 Å². The Labute approximate surface area is 66.0 Å². The second kappa shape index (κ2) is 3.22. The van der Waals surface area contributed by atoms with Crippen LogP contribution in [0.3, 0.4) is 0 Å². The van der Waals surface area contributed by atoms with Gasteiger partial charge in [-0.25, -0.2) is 0 Å². The van der Waals surface area contributed by atoms with Gasteiger partial charge in [-0.1, -0.05) is 12.8 Å². The van der Waals surface area contributed by atoms with Crippen molar-refractivity contribution in [2.45, 2.75) is 44.1 Å². The molecule has 0 aliphatic heterocycles. The molecule has 0 aromatic heterocycles. The summed E-state index contributed by atoms with van der Waals surface area (Å²) in [5.74, 6) is -0.815. The van der Waals surface area contributed by atoms with E-state index in [-0.39, 0.29) is 6.42 Å². The first kappa shape index (κ1) is 8.53. The topological polar surface area (TPSA) is 57.5 Å². The smallest absolute Gasteiger partial charge is 0.303 e. The number of hydrogen-bond donors (Lipinski definition) is 2. The van der Waals surface area contributed by atoms with Gasteiger partial charge in [0.05, 0.1) is 5.60 Å². The zero-order valence-corrected chi connectivity index (χ0v) is 6.55. The molecule has 0 saturated heterocycles. The third-order valence-electron chi connectivity index (χ3n) is 2.34. The molecule has 0 atom stereocenters. The van der Waals surface area contributed by atoms with Crippen molar-refractivity contribution in [3.05, 3.63) is 0 Å². The maximum atomic E-state index is 10.2. The van der Waals surface area contributed by atoms with Gasteiger partial charge in [0.2, 0.25) is 0 Å². The van der Waals surface area contributed by atoms with Gasteiger partial charge >= 0.3 is 5.97 Å². The van der Waals surface area contributed by atoms with Crippen molar-refractivity contribution in [3.8, 4) is 0 Å². The minimum atomic E-state index is -0.815. The van der Waals surface area contributed by atoms with Crippen molar-refractivity contribution < 1.29 is 15.0 Å². The number of aliphatic carboxylic acids is 1. The van der Waals surface area contributed by atoms with Crippen LogP contribution in [-0.2, 0) is 4.79 Å². The molecule has 0 heterocycles. The van der Waals surface area contributed by atoms with E-state index in [4.69, 9.17) is 5.11 Å². The van der Waals surface area contributed by atoms with E-state index in [1.165, 1.54) is 0 Å². The molecule has 0 radical (unpaired) electrons. The molecule has 0 spiro atoms. The molecule has 0 unspecified atom stereocenters. The summed E-state index contributed by atoms with van der Waals surface area (Å²) in [6.45, 7) is 0. The molecule has 3 nitrogen and oxygen atoms in total. The molecule has 2 N–H and O–H groups in total. The molecule has 1 fully saturated rings. The molecule has 0 bridgehead atoms. The Balaban J connectivity index is 2.28. The van der Waals surface area contributed by atoms with E-state index >= 15 is 0 Å². The molecule has 1 saturated carbocycles. The molecular formula is C8H14O3. The standard InChI is InChI=1S/C8H14O3/c9-7(10)3-6-8(11)4-1-2-5-8/h11H,1-6H2,(H,9,10). The highest BCUT2D eigenvalue weighted by Gasteiger charge is 2.30. The minimum absolute atomic E-state index is 0.0937. The summed E-state index contributed by atoms with van der Waals surface area (Å²) in [7, 11) is 0. The summed E-state index contributed by atoms with van der Waals surface area (Å²) in [5.41, 5.74) is -0.654. The largest absolute Gasteiger partial charge is 0.481 e. The fourth-order valence-corrected chi connectivity index (χ4v) is 1.62. The molecule has 0 aromatic rings. The Kier molecular flexibility index (Phi) is 2.49. The highest BCUT2D eigenvalue weighted by atomic mass is 16.4.